The van der Waals surface area contributed by atoms with Crippen LogP contribution in [0.1, 0.15) is 13.8 Å². The van der Waals surface area contributed by atoms with E-state index < -0.39 is 0 Å². The molecule has 1 aromatic heterocycles. The quantitative estimate of drug-likeness (QED) is 0.755. The predicted octanol–water partition coefficient (Wildman–Crippen LogP) is 1.93. The van der Waals surface area contributed by atoms with E-state index in [1.54, 1.807) is 0 Å². The molecule has 0 radical (unpaired) electrons. The summed E-state index contributed by atoms with van der Waals surface area (Å²) >= 11 is 5.76. The Morgan fingerprint density at radius 2 is 2.14 bits per heavy atom. The second kappa shape index (κ2) is 5.78. The maximum atomic E-state index is 5.76. The van der Waals surface area contributed by atoms with Crippen molar-refractivity contribution in [3.63, 3.8) is 0 Å². The number of halogens is 1. The number of rotatable bonds is 5. The fourth-order valence-corrected chi connectivity index (χ4v) is 1.05. The van der Waals surface area contributed by atoms with Crippen LogP contribution in [0.3, 0.4) is 0 Å². The third-order valence-corrected chi connectivity index (χ3v) is 1.75. The molecule has 14 heavy (non-hydrogen) atoms. The van der Waals surface area contributed by atoms with Crippen molar-refractivity contribution in [2.24, 2.45) is 0 Å². The molecule has 0 aliphatic carbocycles. The summed E-state index contributed by atoms with van der Waals surface area (Å²) in [6.07, 6.45) is 2.97. The Hall–Kier alpha value is -0.870. The summed E-state index contributed by atoms with van der Waals surface area (Å²) in [7, 11) is 0. The standard InChI is InChI=1S/C9H13ClN2O2/c1-3-13-6-7(2)14-9-8(10)11-4-5-12-9/h4-5,7H,3,6H2,1-2H3. The topological polar surface area (TPSA) is 44.2 Å². The van der Waals surface area contributed by atoms with Crippen molar-refractivity contribution >= 4 is 11.6 Å². The second-order valence-corrected chi connectivity index (χ2v) is 3.10. The third kappa shape index (κ3) is 3.47. The van der Waals surface area contributed by atoms with Crippen molar-refractivity contribution in [3.8, 4) is 5.88 Å². The van der Waals surface area contributed by atoms with Crippen LogP contribution in [0, 0.1) is 0 Å². The molecule has 1 aromatic rings. The van der Waals surface area contributed by atoms with Crippen LogP contribution in [0.15, 0.2) is 12.4 Å². The average Bonchev–Trinajstić information content (AvgIpc) is 2.18. The van der Waals surface area contributed by atoms with Crippen LogP contribution in [-0.4, -0.2) is 29.3 Å². The third-order valence-electron chi connectivity index (χ3n) is 1.49. The number of ether oxygens (including phenoxy) is 2. The van der Waals surface area contributed by atoms with Crippen molar-refractivity contribution in [3.05, 3.63) is 17.5 Å². The molecule has 1 heterocycles. The van der Waals surface area contributed by atoms with Gasteiger partial charge in [0.05, 0.1) is 6.61 Å². The highest BCUT2D eigenvalue weighted by Gasteiger charge is 2.08. The lowest BCUT2D eigenvalue weighted by Crippen LogP contribution is -2.19. The van der Waals surface area contributed by atoms with Crippen molar-refractivity contribution in [1.82, 2.24) is 9.97 Å². The molecule has 0 aliphatic heterocycles. The van der Waals surface area contributed by atoms with Gasteiger partial charge in [-0.2, -0.15) is 0 Å². The van der Waals surface area contributed by atoms with Gasteiger partial charge in [0, 0.05) is 19.0 Å². The Bertz CT molecular complexity index is 283. The Balaban J connectivity index is 2.47. The largest absolute Gasteiger partial charge is 0.470 e. The van der Waals surface area contributed by atoms with Gasteiger partial charge >= 0.3 is 0 Å². The Kier molecular flexibility index (Phi) is 4.62. The fourth-order valence-electron chi connectivity index (χ4n) is 0.896. The first-order valence-corrected chi connectivity index (χ1v) is 4.82. The Morgan fingerprint density at radius 1 is 1.43 bits per heavy atom. The van der Waals surface area contributed by atoms with E-state index in [9.17, 15) is 0 Å². The summed E-state index contributed by atoms with van der Waals surface area (Å²) in [6, 6.07) is 0. The molecular weight excluding hydrogens is 204 g/mol. The fraction of sp³-hybridized carbons (Fsp3) is 0.556. The first kappa shape index (κ1) is 11.2. The molecule has 4 nitrogen and oxygen atoms in total. The van der Waals surface area contributed by atoms with Crippen molar-refractivity contribution in [2.75, 3.05) is 13.2 Å². The molecule has 5 heteroatoms. The predicted molar refractivity (Wildman–Crippen MR) is 53.6 cm³/mol. The minimum Gasteiger partial charge on any atom is -0.470 e. The summed E-state index contributed by atoms with van der Waals surface area (Å²) in [5.74, 6) is 0.348. The van der Waals surface area contributed by atoms with E-state index in [1.807, 2.05) is 13.8 Å². The van der Waals surface area contributed by atoms with Gasteiger partial charge in [-0.05, 0) is 13.8 Å². The zero-order valence-electron chi connectivity index (χ0n) is 8.24. The minimum atomic E-state index is -0.0795. The van der Waals surface area contributed by atoms with Gasteiger partial charge in [0.15, 0.2) is 5.15 Å². The SMILES string of the molecule is CCOCC(C)Oc1nccnc1Cl. The maximum absolute atomic E-state index is 5.76. The van der Waals surface area contributed by atoms with E-state index in [0.717, 1.165) is 0 Å². The summed E-state index contributed by atoms with van der Waals surface area (Å²) in [5.41, 5.74) is 0. The zero-order chi connectivity index (χ0) is 10.4. The Labute approximate surface area is 88.2 Å². The molecule has 0 aromatic carbocycles. The molecule has 0 fully saturated rings. The van der Waals surface area contributed by atoms with Gasteiger partial charge in [0.1, 0.15) is 6.10 Å². The maximum Gasteiger partial charge on any atom is 0.252 e. The van der Waals surface area contributed by atoms with E-state index in [0.29, 0.717) is 19.1 Å². The van der Waals surface area contributed by atoms with Crippen LogP contribution in [-0.2, 0) is 4.74 Å². The normalized spacial score (nSPS) is 12.5. The monoisotopic (exact) mass is 216 g/mol. The molecule has 1 rings (SSSR count). The molecular formula is C9H13ClN2O2. The molecule has 0 saturated heterocycles. The van der Waals surface area contributed by atoms with Crippen LogP contribution in [0.25, 0.3) is 0 Å². The number of nitrogens with zero attached hydrogens (tertiary/aromatic N) is 2. The summed E-state index contributed by atoms with van der Waals surface area (Å²) in [4.78, 5) is 7.80. The lowest BCUT2D eigenvalue weighted by molar-refractivity contribution is 0.0632. The van der Waals surface area contributed by atoms with Crippen molar-refractivity contribution < 1.29 is 9.47 Å². The van der Waals surface area contributed by atoms with Crippen LogP contribution < -0.4 is 4.74 Å². The summed E-state index contributed by atoms with van der Waals surface area (Å²) < 4.78 is 10.6. The number of hydrogen-bond acceptors (Lipinski definition) is 4. The van der Waals surface area contributed by atoms with E-state index in [2.05, 4.69) is 9.97 Å². The molecule has 78 valence electrons. The summed E-state index contributed by atoms with van der Waals surface area (Å²) in [5, 5.41) is 0.274. The van der Waals surface area contributed by atoms with Gasteiger partial charge in [-0.25, -0.2) is 9.97 Å². The molecule has 1 atom stereocenters. The molecule has 0 bridgehead atoms. The number of aromatic nitrogens is 2. The molecule has 0 aliphatic rings. The van der Waals surface area contributed by atoms with Gasteiger partial charge in [-0.1, -0.05) is 11.6 Å². The minimum absolute atomic E-state index is 0.0795. The van der Waals surface area contributed by atoms with Crippen LogP contribution >= 0.6 is 11.6 Å². The van der Waals surface area contributed by atoms with Gasteiger partial charge in [0.25, 0.3) is 5.88 Å². The van der Waals surface area contributed by atoms with Gasteiger partial charge < -0.3 is 9.47 Å². The van der Waals surface area contributed by atoms with E-state index in [4.69, 9.17) is 21.1 Å². The molecule has 0 spiro atoms. The zero-order valence-corrected chi connectivity index (χ0v) is 8.99. The van der Waals surface area contributed by atoms with Crippen molar-refractivity contribution in [2.45, 2.75) is 20.0 Å². The van der Waals surface area contributed by atoms with Crippen LogP contribution in [0.2, 0.25) is 5.15 Å². The lowest BCUT2D eigenvalue weighted by atomic mass is 10.4. The lowest BCUT2D eigenvalue weighted by Gasteiger charge is -2.13. The van der Waals surface area contributed by atoms with Gasteiger partial charge in [0.2, 0.25) is 0 Å². The smallest absolute Gasteiger partial charge is 0.252 e. The van der Waals surface area contributed by atoms with Gasteiger partial charge in [-0.3, -0.25) is 0 Å². The van der Waals surface area contributed by atoms with E-state index in [1.165, 1.54) is 12.4 Å². The van der Waals surface area contributed by atoms with Crippen molar-refractivity contribution in [1.29, 1.82) is 0 Å². The summed E-state index contributed by atoms with van der Waals surface area (Å²) in [6.45, 7) is 5.01. The molecule has 0 amide bonds. The number of hydrogen-bond donors (Lipinski definition) is 0. The highest BCUT2D eigenvalue weighted by molar-refractivity contribution is 6.30. The van der Waals surface area contributed by atoms with Crippen LogP contribution in [0.5, 0.6) is 5.88 Å². The van der Waals surface area contributed by atoms with E-state index in [-0.39, 0.29) is 11.3 Å². The first-order valence-electron chi connectivity index (χ1n) is 4.45. The first-order chi connectivity index (χ1) is 6.74. The molecule has 1 unspecified atom stereocenters. The molecule has 0 N–H and O–H groups in total. The Morgan fingerprint density at radius 3 is 2.79 bits per heavy atom. The van der Waals surface area contributed by atoms with Crippen LogP contribution in [0.4, 0.5) is 0 Å². The highest BCUT2D eigenvalue weighted by Crippen LogP contribution is 2.18. The second-order valence-electron chi connectivity index (χ2n) is 2.74. The van der Waals surface area contributed by atoms with Gasteiger partial charge in [-0.15, -0.1) is 0 Å². The average molecular weight is 217 g/mol. The highest BCUT2D eigenvalue weighted by atomic mass is 35.5. The molecule has 0 saturated carbocycles. The van der Waals surface area contributed by atoms with E-state index >= 15 is 0 Å².